The van der Waals surface area contributed by atoms with Crippen molar-refractivity contribution >= 4 is 22.5 Å². The molecule has 2 aromatic rings. The Labute approximate surface area is 81.1 Å². The summed E-state index contributed by atoms with van der Waals surface area (Å²) in [7, 11) is 1.89. The van der Waals surface area contributed by atoms with Crippen LogP contribution in [0.3, 0.4) is 0 Å². The monoisotopic (exact) mass is 195 g/mol. The van der Waals surface area contributed by atoms with Crippen molar-refractivity contribution in [3.05, 3.63) is 28.9 Å². The van der Waals surface area contributed by atoms with Crippen LogP contribution in [-0.4, -0.2) is 9.78 Å². The molecule has 1 heterocycles. The average Bonchev–Trinajstić information content (AvgIpc) is 2.43. The van der Waals surface area contributed by atoms with Gasteiger partial charge in [-0.2, -0.15) is 5.10 Å². The van der Waals surface area contributed by atoms with Gasteiger partial charge in [-0.05, 0) is 18.2 Å². The van der Waals surface area contributed by atoms with Gasteiger partial charge in [0.2, 0.25) is 0 Å². The molecule has 0 saturated carbocycles. The van der Waals surface area contributed by atoms with E-state index in [1.165, 1.54) is 0 Å². The second-order valence-electron chi connectivity index (χ2n) is 2.94. The minimum Gasteiger partial charge on any atom is -0.325 e. The molecule has 0 fully saturated rings. The van der Waals surface area contributed by atoms with Crippen molar-refractivity contribution in [3.8, 4) is 0 Å². The highest BCUT2D eigenvalue weighted by atomic mass is 35.5. The predicted molar refractivity (Wildman–Crippen MR) is 53.6 cm³/mol. The minimum absolute atomic E-state index is 0.457. The summed E-state index contributed by atoms with van der Waals surface area (Å²) in [5.74, 6) is 0. The number of halogens is 1. The topological polar surface area (TPSA) is 43.8 Å². The first-order valence-corrected chi connectivity index (χ1v) is 4.41. The van der Waals surface area contributed by atoms with Gasteiger partial charge in [0, 0.05) is 24.0 Å². The summed E-state index contributed by atoms with van der Waals surface area (Å²) in [6, 6.07) is 5.70. The number of aromatic nitrogens is 2. The molecule has 13 heavy (non-hydrogen) atoms. The number of aryl methyl sites for hydroxylation is 1. The van der Waals surface area contributed by atoms with Crippen LogP contribution < -0.4 is 5.73 Å². The lowest BCUT2D eigenvalue weighted by molar-refractivity contribution is 0.766. The third kappa shape index (κ3) is 1.30. The highest BCUT2D eigenvalue weighted by Crippen LogP contribution is 2.21. The molecule has 68 valence electrons. The van der Waals surface area contributed by atoms with Crippen molar-refractivity contribution in [1.29, 1.82) is 0 Å². The van der Waals surface area contributed by atoms with E-state index in [-0.39, 0.29) is 0 Å². The summed E-state index contributed by atoms with van der Waals surface area (Å²) in [5, 5.41) is 6.08. The zero-order valence-electron chi connectivity index (χ0n) is 7.29. The first-order valence-electron chi connectivity index (χ1n) is 4.03. The number of rotatable bonds is 1. The maximum atomic E-state index is 5.87. The first-order chi connectivity index (χ1) is 6.22. The van der Waals surface area contributed by atoms with Crippen molar-refractivity contribution in [2.45, 2.75) is 6.54 Å². The standard InChI is InChI=1S/C9H10ClN3/c1-13-9-4-6(10)2-3-7(9)8(5-11)12-13/h2-4H,5,11H2,1H3. The number of nitrogens with two attached hydrogens (primary N) is 1. The second kappa shape index (κ2) is 3.01. The fourth-order valence-electron chi connectivity index (χ4n) is 1.46. The van der Waals surface area contributed by atoms with Crippen molar-refractivity contribution in [2.75, 3.05) is 0 Å². The minimum atomic E-state index is 0.457. The van der Waals surface area contributed by atoms with E-state index in [9.17, 15) is 0 Å². The summed E-state index contributed by atoms with van der Waals surface area (Å²) >= 11 is 5.87. The van der Waals surface area contributed by atoms with Crippen molar-refractivity contribution in [2.24, 2.45) is 12.8 Å². The third-order valence-corrected chi connectivity index (χ3v) is 2.32. The average molecular weight is 196 g/mol. The van der Waals surface area contributed by atoms with Gasteiger partial charge in [-0.25, -0.2) is 0 Å². The molecule has 0 unspecified atom stereocenters. The number of fused-ring (bicyclic) bond motifs is 1. The fourth-order valence-corrected chi connectivity index (χ4v) is 1.62. The molecule has 0 saturated heterocycles. The van der Waals surface area contributed by atoms with E-state index in [1.54, 1.807) is 4.68 Å². The number of hydrogen-bond donors (Lipinski definition) is 1. The summed E-state index contributed by atoms with van der Waals surface area (Å²) in [5.41, 5.74) is 7.49. The Kier molecular flexibility index (Phi) is 1.98. The Hall–Kier alpha value is -1.06. The zero-order valence-corrected chi connectivity index (χ0v) is 8.04. The van der Waals surface area contributed by atoms with Crippen LogP contribution >= 0.6 is 11.6 Å². The number of hydrogen-bond acceptors (Lipinski definition) is 2. The molecule has 0 atom stereocenters. The maximum absolute atomic E-state index is 5.87. The quantitative estimate of drug-likeness (QED) is 0.753. The van der Waals surface area contributed by atoms with Crippen LogP contribution in [0.2, 0.25) is 5.02 Å². The van der Waals surface area contributed by atoms with Crippen LogP contribution in [-0.2, 0) is 13.6 Å². The molecule has 0 aliphatic heterocycles. The van der Waals surface area contributed by atoms with Gasteiger partial charge in [0.15, 0.2) is 0 Å². The lowest BCUT2D eigenvalue weighted by Crippen LogP contribution is -1.98. The van der Waals surface area contributed by atoms with E-state index >= 15 is 0 Å². The van der Waals surface area contributed by atoms with Gasteiger partial charge >= 0.3 is 0 Å². The molecule has 0 aliphatic rings. The SMILES string of the molecule is Cn1nc(CN)c2ccc(Cl)cc21. The van der Waals surface area contributed by atoms with E-state index in [0.717, 1.165) is 21.6 Å². The molecule has 2 N–H and O–H groups in total. The molecular weight excluding hydrogens is 186 g/mol. The normalized spacial score (nSPS) is 11.0. The maximum Gasteiger partial charge on any atom is 0.0838 e. The summed E-state index contributed by atoms with van der Waals surface area (Å²) < 4.78 is 1.80. The van der Waals surface area contributed by atoms with Crippen LogP contribution in [0.5, 0.6) is 0 Å². The van der Waals surface area contributed by atoms with Crippen LogP contribution in [0.25, 0.3) is 10.9 Å². The Morgan fingerprint density at radius 1 is 1.54 bits per heavy atom. The summed E-state index contributed by atoms with van der Waals surface area (Å²) in [6.45, 7) is 0.457. The molecule has 2 rings (SSSR count). The van der Waals surface area contributed by atoms with Gasteiger partial charge in [0.05, 0.1) is 11.2 Å². The Morgan fingerprint density at radius 3 is 3.00 bits per heavy atom. The van der Waals surface area contributed by atoms with E-state index in [2.05, 4.69) is 5.10 Å². The number of nitrogens with zero attached hydrogens (tertiary/aromatic N) is 2. The molecule has 1 aromatic heterocycles. The number of benzene rings is 1. The molecule has 1 aromatic carbocycles. The predicted octanol–water partition coefficient (Wildman–Crippen LogP) is 1.69. The first kappa shape index (κ1) is 8.53. The van der Waals surface area contributed by atoms with Crippen molar-refractivity contribution < 1.29 is 0 Å². The summed E-state index contributed by atoms with van der Waals surface area (Å²) in [6.07, 6.45) is 0. The van der Waals surface area contributed by atoms with Crippen molar-refractivity contribution in [1.82, 2.24) is 9.78 Å². The fraction of sp³-hybridized carbons (Fsp3) is 0.222. The van der Waals surface area contributed by atoms with Gasteiger partial charge in [-0.3, -0.25) is 4.68 Å². The van der Waals surface area contributed by atoms with Gasteiger partial charge in [-0.1, -0.05) is 11.6 Å². The summed E-state index contributed by atoms with van der Waals surface area (Å²) in [4.78, 5) is 0. The molecule has 0 amide bonds. The van der Waals surface area contributed by atoms with Crippen LogP contribution in [0.4, 0.5) is 0 Å². The lowest BCUT2D eigenvalue weighted by Gasteiger charge is -1.93. The molecule has 0 spiro atoms. The molecule has 0 aliphatic carbocycles. The van der Waals surface area contributed by atoms with Crippen LogP contribution in [0, 0.1) is 0 Å². The molecule has 4 heteroatoms. The smallest absolute Gasteiger partial charge is 0.0838 e. The largest absolute Gasteiger partial charge is 0.325 e. The van der Waals surface area contributed by atoms with E-state index in [1.807, 2.05) is 25.2 Å². The van der Waals surface area contributed by atoms with E-state index in [0.29, 0.717) is 6.54 Å². The van der Waals surface area contributed by atoms with E-state index in [4.69, 9.17) is 17.3 Å². The van der Waals surface area contributed by atoms with E-state index < -0.39 is 0 Å². The van der Waals surface area contributed by atoms with Crippen molar-refractivity contribution in [3.63, 3.8) is 0 Å². The highest BCUT2D eigenvalue weighted by Gasteiger charge is 2.06. The molecular formula is C9H10ClN3. The molecule has 3 nitrogen and oxygen atoms in total. The second-order valence-corrected chi connectivity index (χ2v) is 3.37. The van der Waals surface area contributed by atoms with Crippen LogP contribution in [0.15, 0.2) is 18.2 Å². The Morgan fingerprint density at radius 2 is 2.31 bits per heavy atom. The highest BCUT2D eigenvalue weighted by molar-refractivity contribution is 6.31. The molecule has 0 bridgehead atoms. The van der Waals surface area contributed by atoms with Crippen LogP contribution in [0.1, 0.15) is 5.69 Å². The van der Waals surface area contributed by atoms with Gasteiger partial charge in [-0.15, -0.1) is 0 Å². The zero-order chi connectivity index (χ0) is 9.42. The third-order valence-electron chi connectivity index (χ3n) is 2.08. The molecule has 0 radical (unpaired) electrons. The Bertz CT molecular complexity index is 447. The van der Waals surface area contributed by atoms with Gasteiger partial charge in [0.1, 0.15) is 0 Å². The Balaban J connectivity index is 2.80. The van der Waals surface area contributed by atoms with Gasteiger partial charge in [0.25, 0.3) is 0 Å². The lowest BCUT2D eigenvalue weighted by atomic mass is 10.2. The van der Waals surface area contributed by atoms with Gasteiger partial charge < -0.3 is 5.73 Å².